The Balaban J connectivity index is 1.36. The molecule has 0 aliphatic carbocycles. The van der Waals surface area contributed by atoms with Crippen LogP contribution in [0.4, 0.5) is 5.69 Å². The summed E-state index contributed by atoms with van der Waals surface area (Å²) in [6.45, 7) is -0.0143. The maximum Gasteiger partial charge on any atom is 0.270 e. The van der Waals surface area contributed by atoms with Gasteiger partial charge < -0.3 is 19.7 Å². The number of rotatable bonds is 4. The van der Waals surface area contributed by atoms with Gasteiger partial charge in [-0.1, -0.05) is 0 Å². The van der Waals surface area contributed by atoms with Crippen LogP contribution in [0.3, 0.4) is 0 Å². The van der Waals surface area contributed by atoms with Gasteiger partial charge >= 0.3 is 0 Å². The minimum absolute atomic E-state index is 0.0143. The van der Waals surface area contributed by atoms with E-state index in [0.29, 0.717) is 22.9 Å². The highest BCUT2D eigenvalue weighted by Crippen LogP contribution is 2.37. The summed E-state index contributed by atoms with van der Waals surface area (Å²) in [5.74, 6) is 0.687. The molecule has 1 N–H and O–H groups in total. The van der Waals surface area contributed by atoms with Crippen LogP contribution < -0.4 is 19.7 Å². The van der Waals surface area contributed by atoms with E-state index < -0.39 is 11.9 Å². The first-order chi connectivity index (χ1) is 16.1. The maximum atomic E-state index is 13.2. The number of ether oxygens (including phenoxy) is 2. The molecule has 3 aromatic heterocycles. The highest BCUT2D eigenvalue weighted by atomic mass is 16.5. The highest BCUT2D eigenvalue weighted by molar-refractivity contribution is 6.08. The van der Waals surface area contributed by atoms with Gasteiger partial charge in [-0.25, -0.2) is 0 Å². The number of pyridine rings is 3. The number of nitrogens with one attached hydrogen (secondary N) is 1. The lowest BCUT2D eigenvalue weighted by atomic mass is 10.1. The number of fused-ring (bicyclic) bond motifs is 3. The van der Waals surface area contributed by atoms with Crippen LogP contribution in [0.5, 0.6) is 17.2 Å². The Hall–Kier alpha value is -4.53. The van der Waals surface area contributed by atoms with E-state index in [9.17, 15) is 9.59 Å². The Morgan fingerprint density at radius 2 is 1.97 bits per heavy atom. The van der Waals surface area contributed by atoms with Crippen molar-refractivity contribution in [2.24, 2.45) is 0 Å². The van der Waals surface area contributed by atoms with E-state index in [0.717, 1.165) is 10.9 Å². The summed E-state index contributed by atoms with van der Waals surface area (Å²) in [6, 6.07) is 13.0. The number of carbonyl (C=O) groups is 2. The standard InChI is InChI=1S/C24H19N5O4/c1-29-22-17-5-3-10-26-18(17)6-7-21(22)32-14-20(24(29)31)28-23(30)19-12-15(8-11-27-19)33-16-4-2-9-25-13-16/h2-13,20H,14H2,1H3,(H,28,30)/t20-/m0/s1. The van der Waals surface area contributed by atoms with E-state index in [4.69, 9.17) is 9.47 Å². The first-order valence-corrected chi connectivity index (χ1v) is 10.2. The van der Waals surface area contributed by atoms with Crippen molar-refractivity contribution in [2.45, 2.75) is 6.04 Å². The van der Waals surface area contributed by atoms with Crippen molar-refractivity contribution in [3.05, 3.63) is 79.0 Å². The number of hydrogen-bond acceptors (Lipinski definition) is 7. The monoisotopic (exact) mass is 441 g/mol. The number of carbonyl (C=O) groups excluding carboxylic acids is 2. The fraction of sp³-hybridized carbons (Fsp3) is 0.125. The van der Waals surface area contributed by atoms with Crippen LogP contribution in [0, 0.1) is 0 Å². The van der Waals surface area contributed by atoms with E-state index in [1.54, 1.807) is 56.0 Å². The molecule has 9 heteroatoms. The molecular formula is C24H19N5O4. The Morgan fingerprint density at radius 1 is 1.09 bits per heavy atom. The fourth-order valence-corrected chi connectivity index (χ4v) is 3.65. The Bertz CT molecular complexity index is 1350. The summed E-state index contributed by atoms with van der Waals surface area (Å²) in [4.78, 5) is 40.0. The second-order valence-electron chi connectivity index (χ2n) is 7.38. The van der Waals surface area contributed by atoms with Gasteiger partial charge in [-0.15, -0.1) is 0 Å². The van der Waals surface area contributed by atoms with Crippen LogP contribution in [-0.2, 0) is 4.79 Å². The molecule has 9 nitrogen and oxygen atoms in total. The minimum Gasteiger partial charge on any atom is -0.489 e. The van der Waals surface area contributed by atoms with Gasteiger partial charge in [0.1, 0.15) is 35.6 Å². The molecule has 1 atom stereocenters. The van der Waals surface area contributed by atoms with Crippen LogP contribution in [0.25, 0.3) is 10.9 Å². The predicted octanol–water partition coefficient (Wildman–Crippen LogP) is 2.97. The zero-order chi connectivity index (χ0) is 22.8. The fourth-order valence-electron chi connectivity index (χ4n) is 3.65. The van der Waals surface area contributed by atoms with Gasteiger partial charge in [0, 0.05) is 37.1 Å². The van der Waals surface area contributed by atoms with Crippen molar-refractivity contribution >= 4 is 28.4 Å². The van der Waals surface area contributed by atoms with E-state index in [-0.39, 0.29) is 18.2 Å². The van der Waals surface area contributed by atoms with E-state index in [1.807, 2.05) is 12.1 Å². The summed E-state index contributed by atoms with van der Waals surface area (Å²) in [5.41, 5.74) is 1.48. The summed E-state index contributed by atoms with van der Waals surface area (Å²) >= 11 is 0. The molecule has 1 aromatic carbocycles. The SMILES string of the molecule is CN1C(=O)[C@@H](NC(=O)c2cc(Oc3cccnc3)ccn2)COc2ccc3ncccc3c21. The van der Waals surface area contributed by atoms with Crippen molar-refractivity contribution in [1.29, 1.82) is 0 Å². The normalized spacial score (nSPS) is 15.4. The molecule has 1 aliphatic heterocycles. The number of benzene rings is 1. The van der Waals surface area contributed by atoms with Crippen molar-refractivity contribution in [1.82, 2.24) is 20.3 Å². The lowest BCUT2D eigenvalue weighted by molar-refractivity contribution is -0.120. The molecule has 5 rings (SSSR count). The molecule has 4 heterocycles. The third kappa shape index (κ3) is 4.03. The molecule has 0 fully saturated rings. The first-order valence-electron chi connectivity index (χ1n) is 10.2. The van der Waals surface area contributed by atoms with Gasteiger partial charge in [-0.3, -0.25) is 24.5 Å². The van der Waals surface area contributed by atoms with Gasteiger partial charge in [0.2, 0.25) is 0 Å². The number of likely N-dealkylation sites (N-methyl/N-ethyl adjacent to an activating group) is 1. The average Bonchev–Trinajstić information content (AvgIpc) is 2.97. The molecule has 164 valence electrons. The van der Waals surface area contributed by atoms with Crippen molar-refractivity contribution < 1.29 is 19.1 Å². The minimum atomic E-state index is -0.897. The Kier molecular flexibility index (Phi) is 5.27. The van der Waals surface area contributed by atoms with Crippen LogP contribution in [-0.4, -0.2) is 46.5 Å². The van der Waals surface area contributed by atoms with Crippen molar-refractivity contribution in [2.75, 3.05) is 18.6 Å². The molecule has 0 unspecified atom stereocenters. The number of hydrogen-bond donors (Lipinski definition) is 1. The Morgan fingerprint density at radius 3 is 2.82 bits per heavy atom. The molecule has 0 saturated heterocycles. The third-order valence-corrected chi connectivity index (χ3v) is 5.23. The zero-order valence-corrected chi connectivity index (χ0v) is 17.6. The Labute approximate surface area is 189 Å². The number of amides is 2. The molecule has 4 aromatic rings. The predicted molar refractivity (Wildman–Crippen MR) is 120 cm³/mol. The first kappa shape index (κ1) is 20.4. The lowest BCUT2D eigenvalue weighted by Gasteiger charge is -2.21. The second kappa shape index (κ2) is 8.54. The zero-order valence-electron chi connectivity index (χ0n) is 17.6. The molecular weight excluding hydrogens is 422 g/mol. The highest BCUT2D eigenvalue weighted by Gasteiger charge is 2.32. The quantitative estimate of drug-likeness (QED) is 0.519. The number of aromatic nitrogens is 3. The van der Waals surface area contributed by atoms with E-state index in [2.05, 4.69) is 20.3 Å². The molecule has 2 amide bonds. The van der Waals surface area contributed by atoms with Gasteiger partial charge in [0.25, 0.3) is 11.8 Å². The molecule has 0 radical (unpaired) electrons. The second-order valence-corrected chi connectivity index (χ2v) is 7.38. The van der Waals surface area contributed by atoms with Gasteiger partial charge in [-0.05, 0) is 42.5 Å². The summed E-state index contributed by atoms with van der Waals surface area (Å²) in [7, 11) is 1.65. The van der Waals surface area contributed by atoms with E-state index >= 15 is 0 Å². The molecule has 0 spiro atoms. The van der Waals surface area contributed by atoms with Crippen LogP contribution in [0.1, 0.15) is 10.5 Å². The van der Waals surface area contributed by atoms with Crippen LogP contribution in [0.15, 0.2) is 73.3 Å². The van der Waals surface area contributed by atoms with Gasteiger partial charge in [0.15, 0.2) is 0 Å². The maximum absolute atomic E-state index is 13.2. The topological polar surface area (TPSA) is 107 Å². The average molecular weight is 441 g/mol. The summed E-state index contributed by atoms with van der Waals surface area (Å²) in [5, 5.41) is 3.52. The number of nitrogens with zero attached hydrogens (tertiary/aromatic N) is 4. The van der Waals surface area contributed by atoms with Crippen LogP contribution in [0.2, 0.25) is 0 Å². The molecule has 0 bridgehead atoms. The largest absolute Gasteiger partial charge is 0.489 e. The summed E-state index contributed by atoms with van der Waals surface area (Å²) < 4.78 is 11.6. The smallest absolute Gasteiger partial charge is 0.270 e. The van der Waals surface area contributed by atoms with Gasteiger partial charge in [0.05, 0.1) is 17.4 Å². The van der Waals surface area contributed by atoms with Crippen LogP contribution >= 0.6 is 0 Å². The number of anilines is 1. The molecule has 33 heavy (non-hydrogen) atoms. The van der Waals surface area contributed by atoms with E-state index in [1.165, 1.54) is 17.2 Å². The molecule has 1 aliphatic rings. The third-order valence-electron chi connectivity index (χ3n) is 5.23. The van der Waals surface area contributed by atoms with Crippen molar-refractivity contribution in [3.8, 4) is 17.2 Å². The lowest BCUT2D eigenvalue weighted by Crippen LogP contribution is -2.49. The van der Waals surface area contributed by atoms with Crippen molar-refractivity contribution in [3.63, 3.8) is 0 Å². The molecule has 0 saturated carbocycles. The van der Waals surface area contributed by atoms with Gasteiger partial charge in [-0.2, -0.15) is 0 Å². The summed E-state index contributed by atoms with van der Waals surface area (Å²) in [6.07, 6.45) is 6.36.